The van der Waals surface area contributed by atoms with Crippen LogP contribution in [0, 0.1) is 12.7 Å². The Balaban J connectivity index is 1.84. The summed E-state index contributed by atoms with van der Waals surface area (Å²) in [5.74, 6) is -0.998. The molecule has 2 amide bonds. The molecule has 1 heterocycles. The van der Waals surface area contributed by atoms with E-state index in [-0.39, 0.29) is 17.4 Å². The lowest BCUT2D eigenvalue weighted by Gasteiger charge is -2.39. The molecule has 25 heavy (non-hydrogen) atoms. The highest BCUT2D eigenvalue weighted by Gasteiger charge is 2.36. The van der Waals surface area contributed by atoms with Gasteiger partial charge in [0.25, 0.3) is 5.91 Å². The summed E-state index contributed by atoms with van der Waals surface area (Å²) in [5.41, 5.74) is 1.82. The monoisotopic (exact) mass is 360 g/mol. The van der Waals surface area contributed by atoms with Crippen LogP contribution in [0.3, 0.4) is 0 Å². The number of piperazine rings is 1. The fraction of sp³-hybridized carbons (Fsp3) is 0.263. The molecule has 0 bridgehead atoms. The molecule has 130 valence electrons. The van der Waals surface area contributed by atoms with Crippen molar-refractivity contribution in [2.75, 3.05) is 18.0 Å². The molecule has 1 atom stereocenters. The van der Waals surface area contributed by atoms with Gasteiger partial charge in [-0.15, -0.1) is 0 Å². The molecule has 0 aromatic heterocycles. The number of carbonyl (C=O) groups is 2. The minimum atomic E-state index is -0.636. The molecule has 6 heteroatoms. The van der Waals surface area contributed by atoms with Crippen LogP contribution in [-0.4, -0.2) is 35.8 Å². The summed E-state index contributed by atoms with van der Waals surface area (Å²) in [5, 5.41) is 0.594. The normalized spacial score (nSPS) is 17.8. The van der Waals surface area contributed by atoms with Gasteiger partial charge in [-0.2, -0.15) is 0 Å². The quantitative estimate of drug-likeness (QED) is 0.820. The third-order valence-corrected chi connectivity index (χ3v) is 4.93. The van der Waals surface area contributed by atoms with E-state index in [0.717, 1.165) is 11.3 Å². The van der Waals surface area contributed by atoms with Gasteiger partial charge in [-0.05, 0) is 49.7 Å². The third-order valence-electron chi connectivity index (χ3n) is 4.52. The maximum Gasteiger partial charge on any atom is 0.254 e. The number of amides is 2. The molecule has 0 radical (unpaired) electrons. The highest BCUT2D eigenvalue weighted by Crippen LogP contribution is 2.29. The largest absolute Gasteiger partial charge is 0.325 e. The molecule has 1 fully saturated rings. The Hall–Kier alpha value is -2.40. The fourth-order valence-electron chi connectivity index (χ4n) is 3.06. The summed E-state index contributed by atoms with van der Waals surface area (Å²) in [6, 6.07) is 10.3. The summed E-state index contributed by atoms with van der Waals surface area (Å²) in [6.45, 7) is 4.28. The summed E-state index contributed by atoms with van der Waals surface area (Å²) >= 11 is 6.15. The van der Waals surface area contributed by atoms with Crippen LogP contribution >= 0.6 is 11.6 Å². The lowest BCUT2D eigenvalue weighted by atomic mass is 10.1. The Labute approximate surface area is 150 Å². The van der Waals surface area contributed by atoms with Gasteiger partial charge < -0.3 is 9.80 Å². The van der Waals surface area contributed by atoms with Gasteiger partial charge in [-0.3, -0.25) is 9.59 Å². The second-order valence-electron chi connectivity index (χ2n) is 6.06. The molecule has 1 aliphatic heterocycles. The Morgan fingerprint density at radius 3 is 2.64 bits per heavy atom. The van der Waals surface area contributed by atoms with Gasteiger partial charge in [0.05, 0.1) is 0 Å². The number of rotatable bonds is 2. The highest BCUT2D eigenvalue weighted by atomic mass is 35.5. The average Bonchev–Trinajstić information content (AvgIpc) is 2.59. The topological polar surface area (TPSA) is 40.6 Å². The Kier molecular flexibility index (Phi) is 4.77. The number of hydrogen-bond acceptors (Lipinski definition) is 2. The second-order valence-corrected chi connectivity index (χ2v) is 6.47. The first kappa shape index (κ1) is 17.4. The van der Waals surface area contributed by atoms with Crippen molar-refractivity contribution in [2.45, 2.75) is 19.9 Å². The lowest BCUT2D eigenvalue weighted by Crippen LogP contribution is -2.58. The third kappa shape index (κ3) is 3.24. The van der Waals surface area contributed by atoms with E-state index in [0.29, 0.717) is 18.1 Å². The van der Waals surface area contributed by atoms with Crippen LogP contribution < -0.4 is 4.90 Å². The SMILES string of the molecule is Cc1c(Cl)cccc1N1CCN(C(=O)c2cccc(F)c2)C(C)C1=O. The molecule has 1 aliphatic rings. The summed E-state index contributed by atoms with van der Waals surface area (Å²) < 4.78 is 13.4. The van der Waals surface area contributed by atoms with E-state index >= 15 is 0 Å². The van der Waals surface area contributed by atoms with Crippen LogP contribution in [0.15, 0.2) is 42.5 Å². The van der Waals surface area contributed by atoms with E-state index in [1.807, 2.05) is 13.0 Å². The number of hydrogen-bond donors (Lipinski definition) is 0. The van der Waals surface area contributed by atoms with Crippen LogP contribution in [0.1, 0.15) is 22.8 Å². The molecule has 1 unspecified atom stereocenters. The van der Waals surface area contributed by atoms with Crippen molar-refractivity contribution in [3.8, 4) is 0 Å². The van der Waals surface area contributed by atoms with Crippen molar-refractivity contribution in [3.63, 3.8) is 0 Å². The molecule has 0 saturated carbocycles. The molecule has 2 aromatic carbocycles. The summed E-state index contributed by atoms with van der Waals surface area (Å²) in [7, 11) is 0. The summed E-state index contributed by atoms with van der Waals surface area (Å²) in [6.07, 6.45) is 0. The first-order valence-corrected chi connectivity index (χ1v) is 8.41. The average molecular weight is 361 g/mol. The smallest absolute Gasteiger partial charge is 0.254 e. The van der Waals surface area contributed by atoms with Crippen molar-refractivity contribution in [3.05, 3.63) is 64.4 Å². The van der Waals surface area contributed by atoms with E-state index < -0.39 is 11.9 Å². The standard InChI is InChI=1S/C19H18ClFN2O2/c1-12-16(20)7-4-8-17(12)23-10-9-22(13(2)18(23)24)19(25)14-5-3-6-15(21)11-14/h3-8,11,13H,9-10H2,1-2H3. The van der Waals surface area contributed by atoms with Gasteiger partial charge in [0, 0.05) is 29.4 Å². The maximum atomic E-state index is 13.4. The van der Waals surface area contributed by atoms with Gasteiger partial charge in [-0.1, -0.05) is 23.7 Å². The maximum absolute atomic E-state index is 13.4. The first-order valence-electron chi connectivity index (χ1n) is 8.03. The molecule has 4 nitrogen and oxygen atoms in total. The number of carbonyl (C=O) groups excluding carboxylic acids is 2. The zero-order valence-corrected chi connectivity index (χ0v) is 14.8. The molecule has 0 N–H and O–H groups in total. The molecular formula is C19H18ClFN2O2. The van der Waals surface area contributed by atoms with Crippen LogP contribution in [-0.2, 0) is 4.79 Å². The Morgan fingerprint density at radius 2 is 1.92 bits per heavy atom. The lowest BCUT2D eigenvalue weighted by molar-refractivity contribution is -0.124. The van der Waals surface area contributed by atoms with E-state index in [1.165, 1.54) is 23.1 Å². The van der Waals surface area contributed by atoms with Crippen molar-refractivity contribution < 1.29 is 14.0 Å². The van der Waals surface area contributed by atoms with Crippen molar-refractivity contribution in [1.82, 2.24) is 4.90 Å². The molecule has 0 aliphatic carbocycles. The minimum absolute atomic E-state index is 0.179. The molecule has 1 saturated heterocycles. The van der Waals surface area contributed by atoms with E-state index in [4.69, 9.17) is 11.6 Å². The van der Waals surface area contributed by atoms with E-state index in [1.54, 1.807) is 30.0 Å². The van der Waals surface area contributed by atoms with E-state index in [9.17, 15) is 14.0 Å². The van der Waals surface area contributed by atoms with Crippen LogP contribution in [0.25, 0.3) is 0 Å². The van der Waals surface area contributed by atoms with Gasteiger partial charge in [-0.25, -0.2) is 4.39 Å². The zero-order valence-electron chi connectivity index (χ0n) is 14.0. The Bertz CT molecular complexity index is 840. The molecule has 3 rings (SSSR count). The van der Waals surface area contributed by atoms with Crippen LogP contribution in [0.4, 0.5) is 10.1 Å². The minimum Gasteiger partial charge on any atom is -0.325 e. The first-order chi connectivity index (χ1) is 11.9. The van der Waals surface area contributed by atoms with Gasteiger partial charge in [0.1, 0.15) is 11.9 Å². The molecule has 2 aromatic rings. The number of halogens is 2. The van der Waals surface area contributed by atoms with Crippen LogP contribution in [0.5, 0.6) is 0 Å². The zero-order chi connectivity index (χ0) is 18.1. The second kappa shape index (κ2) is 6.84. The number of benzene rings is 2. The Morgan fingerprint density at radius 1 is 1.20 bits per heavy atom. The molecule has 0 spiro atoms. The van der Waals surface area contributed by atoms with Crippen LogP contribution in [0.2, 0.25) is 5.02 Å². The van der Waals surface area contributed by atoms with Gasteiger partial charge in [0.15, 0.2) is 0 Å². The molecular weight excluding hydrogens is 343 g/mol. The number of nitrogens with zero attached hydrogens (tertiary/aromatic N) is 2. The number of anilines is 1. The van der Waals surface area contributed by atoms with E-state index in [2.05, 4.69) is 0 Å². The van der Waals surface area contributed by atoms with Crippen molar-refractivity contribution in [1.29, 1.82) is 0 Å². The summed E-state index contributed by atoms with van der Waals surface area (Å²) in [4.78, 5) is 28.6. The van der Waals surface area contributed by atoms with Gasteiger partial charge in [0.2, 0.25) is 5.91 Å². The predicted octanol–water partition coefficient (Wildman–Crippen LogP) is 3.67. The van der Waals surface area contributed by atoms with Crippen molar-refractivity contribution >= 4 is 29.1 Å². The fourth-order valence-corrected chi connectivity index (χ4v) is 3.23. The highest BCUT2D eigenvalue weighted by molar-refractivity contribution is 6.31. The van der Waals surface area contributed by atoms with Crippen molar-refractivity contribution in [2.24, 2.45) is 0 Å². The predicted molar refractivity (Wildman–Crippen MR) is 95.4 cm³/mol. The van der Waals surface area contributed by atoms with Gasteiger partial charge >= 0.3 is 0 Å².